The van der Waals surface area contributed by atoms with Crippen LogP contribution in [0.2, 0.25) is 0 Å². The van der Waals surface area contributed by atoms with E-state index in [1.54, 1.807) is 31.5 Å². The lowest BCUT2D eigenvalue weighted by Crippen LogP contribution is -2.41. The van der Waals surface area contributed by atoms with Crippen molar-refractivity contribution < 1.29 is 32.2 Å². The molecule has 1 aliphatic rings. The van der Waals surface area contributed by atoms with Crippen molar-refractivity contribution >= 4 is 16.9 Å². The fraction of sp³-hybridized carbons (Fsp3) is 0.500. The van der Waals surface area contributed by atoms with E-state index in [9.17, 15) is 23.1 Å². The van der Waals surface area contributed by atoms with Crippen LogP contribution in [-0.2, 0) is 17.4 Å². The Labute approximate surface area is 238 Å². The van der Waals surface area contributed by atoms with Crippen LogP contribution >= 0.6 is 0 Å². The van der Waals surface area contributed by atoms with E-state index in [0.717, 1.165) is 50.3 Å². The predicted molar refractivity (Wildman–Crippen MR) is 151 cm³/mol. The van der Waals surface area contributed by atoms with Gasteiger partial charge >= 0.3 is 12.1 Å². The topological polar surface area (TPSA) is 62.7 Å². The number of carboxylic acids is 1. The third-order valence-electron chi connectivity index (χ3n) is 8.26. The monoisotopic (exact) mass is 574 g/mol. The molecule has 1 aromatic heterocycles. The first kappa shape index (κ1) is 30.8. The number of hydrogen-bond acceptors (Lipinski definition) is 4. The first-order chi connectivity index (χ1) is 19.6. The molecule has 1 aliphatic heterocycles. The Kier molecular flexibility index (Phi) is 10.6. The number of fused-ring (bicyclic) bond motifs is 1. The molecule has 3 atom stereocenters. The second kappa shape index (κ2) is 14.1. The van der Waals surface area contributed by atoms with E-state index in [-0.39, 0.29) is 18.3 Å². The zero-order valence-corrected chi connectivity index (χ0v) is 23.4. The number of carbonyl (C=O) groups is 1. The Hall–Kier alpha value is -3.20. The van der Waals surface area contributed by atoms with Crippen molar-refractivity contribution in [3.8, 4) is 5.75 Å². The molecule has 5 nitrogen and oxygen atoms in total. The number of aryl methyl sites for hydroxylation is 1. The molecular weight excluding hydrogens is 536 g/mol. The lowest BCUT2D eigenvalue weighted by molar-refractivity contribution is -0.138. The van der Waals surface area contributed by atoms with Gasteiger partial charge in [0.15, 0.2) is 0 Å². The highest BCUT2D eigenvalue weighted by atomic mass is 19.4. The van der Waals surface area contributed by atoms with Crippen LogP contribution in [0.25, 0.3) is 10.9 Å². The lowest BCUT2D eigenvalue weighted by Gasteiger charge is -2.39. The summed E-state index contributed by atoms with van der Waals surface area (Å²) in [7, 11) is 1.57. The van der Waals surface area contributed by atoms with E-state index in [1.807, 2.05) is 12.1 Å². The van der Waals surface area contributed by atoms with Crippen LogP contribution in [0.5, 0.6) is 5.75 Å². The maximum Gasteiger partial charge on any atom is 0.416 e. The molecule has 1 saturated heterocycles. The van der Waals surface area contributed by atoms with Crippen molar-refractivity contribution in [3.05, 3.63) is 71.4 Å². The number of aromatic nitrogens is 1. The number of likely N-dealkylation sites (tertiary alicyclic amines) is 1. The smallest absolute Gasteiger partial charge is 0.416 e. The van der Waals surface area contributed by atoms with Gasteiger partial charge in [0.1, 0.15) is 11.9 Å². The number of piperidine rings is 1. The first-order valence-corrected chi connectivity index (χ1v) is 14.3. The second-order valence-electron chi connectivity index (χ2n) is 11.0. The maximum atomic E-state index is 15.6. The molecule has 0 amide bonds. The van der Waals surface area contributed by atoms with E-state index >= 15 is 4.39 Å². The van der Waals surface area contributed by atoms with E-state index in [0.29, 0.717) is 48.1 Å². The van der Waals surface area contributed by atoms with E-state index in [1.165, 1.54) is 12.1 Å². The Morgan fingerprint density at radius 3 is 2.71 bits per heavy atom. The standard InChI is InChI=1S/C32H38F4N2O3/c1-41-26-10-12-30-28(20-26)27(14-16-37-30)29(33)11-8-23-15-18-38(21-24(23)9-13-31(39)40)17-3-2-5-22-6-4-7-25(19-22)32(34,35)36/h4,6-7,10,12,14,16,19-20,23-24,29H,2-3,5,8-9,11,13,15,17-18,21H2,1H3,(H,39,40)/t23-,24-,29-/m1/s1. The SMILES string of the molecule is COc1ccc2nccc([C@H](F)CC[C@@H]3CCN(CCCCc4cccc(C(F)(F)F)c4)C[C@H]3CCC(=O)O)c2c1. The summed E-state index contributed by atoms with van der Waals surface area (Å²) < 4.78 is 59.8. The van der Waals surface area contributed by atoms with Gasteiger partial charge in [0.25, 0.3) is 0 Å². The number of carboxylic acid groups (broad SMARTS) is 1. The van der Waals surface area contributed by atoms with Crippen molar-refractivity contribution in [3.63, 3.8) is 0 Å². The number of aliphatic carboxylic acids is 1. The van der Waals surface area contributed by atoms with Crippen LogP contribution in [0.1, 0.15) is 67.8 Å². The minimum absolute atomic E-state index is 0.0817. The van der Waals surface area contributed by atoms with Gasteiger partial charge in [-0.2, -0.15) is 13.2 Å². The summed E-state index contributed by atoms with van der Waals surface area (Å²) in [4.78, 5) is 18.0. The molecule has 0 unspecified atom stereocenters. The summed E-state index contributed by atoms with van der Waals surface area (Å²) in [6, 6.07) is 12.6. The quantitative estimate of drug-likeness (QED) is 0.166. The van der Waals surface area contributed by atoms with E-state index < -0.39 is 23.9 Å². The van der Waals surface area contributed by atoms with E-state index in [2.05, 4.69) is 9.88 Å². The number of rotatable bonds is 13. The van der Waals surface area contributed by atoms with Gasteiger partial charge in [-0.1, -0.05) is 18.2 Å². The molecule has 2 aromatic carbocycles. The number of ether oxygens (including phenoxy) is 1. The lowest BCUT2D eigenvalue weighted by atomic mass is 9.79. The first-order valence-electron chi connectivity index (χ1n) is 14.3. The van der Waals surface area contributed by atoms with Crippen molar-refractivity contribution in [1.29, 1.82) is 0 Å². The third-order valence-corrected chi connectivity index (χ3v) is 8.26. The number of hydrogen-bond donors (Lipinski definition) is 1. The molecule has 9 heteroatoms. The number of benzene rings is 2. The highest BCUT2D eigenvalue weighted by Gasteiger charge is 2.31. The zero-order valence-electron chi connectivity index (χ0n) is 23.4. The number of nitrogens with zero attached hydrogens (tertiary/aromatic N) is 2. The van der Waals surface area contributed by atoms with Crippen molar-refractivity contribution in [2.45, 2.75) is 63.7 Å². The molecule has 2 heterocycles. The molecule has 0 radical (unpaired) electrons. The fourth-order valence-electron chi connectivity index (χ4n) is 6.01. The molecule has 0 saturated carbocycles. The molecule has 1 N–H and O–H groups in total. The summed E-state index contributed by atoms with van der Waals surface area (Å²) in [5.74, 6) is 0.207. The zero-order chi connectivity index (χ0) is 29.4. The number of unbranched alkanes of at least 4 members (excludes halogenated alkanes) is 1. The average molecular weight is 575 g/mol. The summed E-state index contributed by atoms with van der Waals surface area (Å²) in [5, 5.41) is 10.0. The summed E-state index contributed by atoms with van der Waals surface area (Å²) >= 11 is 0. The van der Waals surface area contributed by atoms with Crippen LogP contribution in [0, 0.1) is 11.8 Å². The highest BCUT2D eigenvalue weighted by molar-refractivity contribution is 5.83. The Morgan fingerprint density at radius 2 is 1.95 bits per heavy atom. The predicted octanol–water partition coefficient (Wildman–Crippen LogP) is 7.88. The molecule has 4 rings (SSSR count). The number of alkyl halides is 4. The van der Waals surface area contributed by atoms with Gasteiger partial charge in [-0.3, -0.25) is 9.78 Å². The molecule has 41 heavy (non-hydrogen) atoms. The summed E-state index contributed by atoms with van der Waals surface area (Å²) in [5.41, 5.74) is 1.37. The number of pyridine rings is 1. The molecule has 0 aliphatic carbocycles. The van der Waals surface area contributed by atoms with Crippen molar-refractivity contribution in [2.75, 3.05) is 26.7 Å². The maximum absolute atomic E-state index is 15.6. The van der Waals surface area contributed by atoms with Crippen molar-refractivity contribution in [1.82, 2.24) is 9.88 Å². The molecule has 1 fully saturated rings. The normalized spacial score (nSPS) is 18.9. The van der Waals surface area contributed by atoms with Gasteiger partial charge in [-0.15, -0.1) is 0 Å². The molecule has 0 bridgehead atoms. The average Bonchev–Trinajstić information content (AvgIpc) is 2.96. The highest BCUT2D eigenvalue weighted by Crippen LogP contribution is 2.37. The van der Waals surface area contributed by atoms with Gasteiger partial charge in [0.05, 0.1) is 18.2 Å². The number of methoxy groups -OCH3 is 1. The van der Waals surface area contributed by atoms with E-state index in [4.69, 9.17) is 4.74 Å². The minimum Gasteiger partial charge on any atom is -0.497 e. The largest absolute Gasteiger partial charge is 0.497 e. The molecule has 222 valence electrons. The van der Waals surface area contributed by atoms with Gasteiger partial charge in [0.2, 0.25) is 0 Å². The van der Waals surface area contributed by atoms with Gasteiger partial charge < -0.3 is 14.7 Å². The Bertz CT molecular complexity index is 1300. The minimum atomic E-state index is -4.34. The molecule has 3 aromatic rings. The van der Waals surface area contributed by atoms with Gasteiger partial charge in [-0.05, 0) is 111 Å². The molecular formula is C32H38F4N2O3. The van der Waals surface area contributed by atoms with Crippen LogP contribution in [-0.4, -0.2) is 47.7 Å². The van der Waals surface area contributed by atoms with Crippen LogP contribution in [0.4, 0.5) is 17.6 Å². The Balaban J connectivity index is 1.31. The number of halogens is 4. The van der Waals surface area contributed by atoms with Crippen LogP contribution < -0.4 is 4.74 Å². The third kappa shape index (κ3) is 8.64. The summed E-state index contributed by atoms with van der Waals surface area (Å²) in [6.07, 6.45) is 0.834. The van der Waals surface area contributed by atoms with Crippen LogP contribution in [0.3, 0.4) is 0 Å². The van der Waals surface area contributed by atoms with Gasteiger partial charge in [0, 0.05) is 24.5 Å². The summed E-state index contributed by atoms with van der Waals surface area (Å²) in [6.45, 7) is 2.42. The van der Waals surface area contributed by atoms with Crippen molar-refractivity contribution in [2.24, 2.45) is 11.8 Å². The van der Waals surface area contributed by atoms with Gasteiger partial charge in [-0.25, -0.2) is 4.39 Å². The van der Waals surface area contributed by atoms with Crippen LogP contribution in [0.15, 0.2) is 54.7 Å². The Morgan fingerprint density at radius 1 is 1.12 bits per heavy atom. The second-order valence-corrected chi connectivity index (χ2v) is 11.0. The fourth-order valence-corrected chi connectivity index (χ4v) is 6.01. The molecule has 0 spiro atoms.